The molecular formula is C26H32ClF2N3O2. The Hall–Kier alpha value is -2.51. The summed E-state index contributed by atoms with van der Waals surface area (Å²) in [5.41, 5.74) is 1.78. The number of carbonyl (C=O) groups excluding carboxylic acids is 2. The third-order valence-electron chi connectivity index (χ3n) is 6.16. The molecule has 0 saturated carbocycles. The first-order chi connectivity index (χ1) is 16.3. The molecule has 0 spiro atoms. The Morgan fingerprint density at radius 1 is 0.941 bits per heavy atom. The van der Waals surface area contributed by atoms with Crippen LogP contribution in [-0.2, 0) is 22.6 Å². The Bertz CT molecular complexity index is 1000. The van der Waals surface area contributed by atoms with Crippen LogP contribution < -0.4 is 4.90 Å². The molecule has 184 valence electrons. The van der Waals surface area contributed by atoms with Crippen LogP contribution in [0.25, 0.3) is 0 Å². The molecule has 0 aromatic heterocycles. The molecule has 0 atom stereocenters. The van der Waals surface area contributed by atoms with Crippen molar-refractivity contribution in [2.45, 2.75) is 45.6 Å². The van der Waals surface area contributed by atoms with Gasteiger partial charge in [0.1, 0.15) is 0 Å². The minimum Gasteiger partial charge on any atom is -0.338 e. The number of halogens is 3. The van der Waals surface area contributed by atoms with Crippen molar-refractivity contribution in [3.63, 3.8) is 0 Å². The maximum Gasteiger partial charge on any atom is 0.226 e. The predicted molar refractivity (Wildman–Crippen MR) is 131 cm³/mol. The summed E-state index contributed by atoms with van der Waals surface area (Å²) >= 11 is 5.95. The molecule has 0 N–H and O–H groups in total. The van der Waals surface area contributed by atoms with Crippen molar-refractivity contribution in [1.82, 2.24) is 9.80 Å². The fourth-order valence-electron chi connectivity index (χ4n) is 4.23. The van der Waals surface area contributed by atoms with Crippen molar-refractivity contribution in [3.8, 4) is 0 Å². The lowest BCUT2D eigenvalue weighted by Crippen LogP contribution is -2.38. The van der Waals surface area contributed by atoms with Crippen LogP contribution in [0, 0.1) is 11.6 Å². The van der Waals surface area contributed by atoms with E-state index in [-0.39, 0.29) is 31.2 Å². The SMILES string of the molecule is CCC(=O)N1CCCN(C)CCCN(C(=O)CCc2ccc(Cl)cc2)Cc2cc(F)c(F)cc21. The molecule has 0 unspecified atom stereocenters. The normalized spacial score (nSPS) is 15.9. The molecule has 0 aliphatic carbocycles. The Kier molecular flexibility index (Phi) is 9.42. The fourth-order valence-corrected chi connectivity index (χ4v) is 4.35. The number of anilines is 1. The van der Waals surface area contributed by atoms with Crippen LogP contribution in [0.2, 0.25) is 5.02 Å². The van der Waals surface area contributed by atoms with E-state index >= 15 is 0 Å². The van der Waals surface area contributed by atoms with Gasteiger partial charge in [-0.25, -0.2) is 8.78 Å². The van der Waals surface area contributed by atoms with Crippen molar-refractivity contribution in [2.75, 3.05) is 38.1 Å². The Labute approximate surface area is 205 Å². The number of hydrogen-bond donors (Lipinski definition) is 0. The van der Waals surface area contributed by atoms with Gasteiger partial charge in [0.15, 0.2) is 11.6 Å². The van der Waals surface area contributed by atoms with E-state index in [0.29, 0.717) is 42.2 Å². The van der Waals surface area contributed by atoms with Gasteiger partial charge in [-0.3, -0.25) is 9.59 Å². The fraction of sp³-hybridized carbons (Fsp3) is 0.462. The maximum absolute atomic E-state index is 14.3. The molecule has 0 radical (unpaired) electrons. The minimum absolute atomic E-state index is 0.0706. The van der Waals surface area contributed by atoms with Gasteiger partial charge in [-0.2, -0.15) is 0 Å². The van der Waals surface area contributed by atoms with Crippen LogP contribution in [0.1, 0.15) is 43.7 Å². The highest BCUT2D eigenvalue weighted by Crippen LogP contribution is 2.27. The molecule has 1 heterocycles. The lowest BCUT2D eigenvalue weighted by molar-refractivity contribution is -0.131. The van der Waals surface area contributed by atoms with Crippen LogP contribution in [0.4, 0.5) is 14.5 Å². The second-order valence-electron chi connectivity index (χ2n) is 8.75. The quantitative estimate of drug-likeness (QED) is 0.601. The predicted octanol–water partition coefficient (Wildman–Crippen LogP) is 5.05. The van der Waals surface area contributed by atoms with Crippen LogP contribution in [0.3, 0.4) is 0 Å². The summed E-state index contributed by atoms with van der Waals surface area (Å²) in [5, 5.41) is 0.638. The second kappa shape index (κ2) is 12.3. The van der Waals surface area contributed by atoms with E-state index in [1.165, 1.54) is 4.90 Å². The smallest absolute Gasteiger partial charge is 0.226 e. The van der Waals surface area contributed by atoms with Crippen LogP contribution >= 0.6 is 11.6 Å². The molecule has 3 rings (SSSR count). The molecule has 2 aromatic carbocycles. The number of carbonyl (C=O) groups is 2. The van der Waals surface area contributed by atoms with Gasteiger partial charge in [0, 0.05) is 43.6 Å². The number of amides is 2. The van der Waals surface area contributed by atoms with Gasteiger partial charge in [0.05, 0.1) is 5.69 Å². The van der Waals surface area contributed by atoms with Crippen molar-refractivity contribution in [2.24, 2.45) is 0 Å². The number of rotatable bonds is 4. The van der Waals surface area contributed by atoms with Crippen molar-refractivity contribution >= 4 is 29.1 Å². The van der Waals surface area contributed by atoms with E-state index in [2.05, 4.69) is 4.90 Å². The van der Waals surface area contributed by atoms with Crippen LogP contribution in [0.15, 0.2) is 36.4 Å². The first-order valence-corrected chi connectivity index (χ1v) is 12.1. The molecule has 2 amide bonds. The first-order valence-electron chi connectivity index (χ1n) is 11.8. The Balaban J connectivity index is 1.89. The van der Waals surface area contributed by atoms with Gasteiger partial charge in [-0.15, -0.1) is 0 Å². The number of benzene rings is 2. The van der Waals surface area contributed by atoms with Gasteiger partial charge in [0.2, 0.25) is 11.8 Å². The van der Waals surface area contributed by atoms with E-state index in [1.54, 1.807) is 24.0 Å². The van der Waals surface area contributed by atoms with Crippen LogP contribution in [-0.4, -0.2) is 54.8 Å². The molecular weight excluding hydrogens is 460 g/mol. The number of aryl methyl sites for hydroxylation is 1. The summed E-state index contributed by atoms with van der Waals surface area (Å²) in [5.74, 6) is -2.22. The second-order valence-corrected chi connectivity index (χ2v) is 9.18. The molecule has 1 aliphatic heterocycles. The highest BCUT2D eigenvalue weighted by Gasteiger charge is 2.24. The third kappa shape index (κ3) is 7.00. The highest BCUT2D eigenvalue weighted by molar-refractivity contribution is 6.30. The van der Waals surface area contributed by atoms with E-state index in [1.807, 2.05) is 19.2 Å². The van der Waals surface area contributed by atoms with Gasteiger partial charge >= 0.3 is 0 Å². The molecule has 34 heavy (non-hydrogen) atoms. The molecule has 5 nitrogen and oxygen atoms in total. The standard InChI is InChI=1S/C26H32ClF2N3O2/c1-3-25(33)32-15-5-13-30(2)12-4-14-31(18-20-16-22(28)23(29)17-24(20)32)26(34)11-8-19-6-9-21(27)10-7-19/h6-7,9-10,16-17H,3-5,8,11-15,18H2,1-2H3. The zero-order valence-electron chi connectivity index (χ0n) is 19.8. The summed E-state index contributed by atoms with van der Waals surface area (Å²) in [6.45, 7) is 4.31. The minimum atomic E-state index is -1.00. The number of nitrogens with zero attached hydrogens (tertiary/aromatic N) is 3. The first kappa shape index (κ1) is 26.1. The molecule has 2 aromatic rings. The Morgan fingerprint density at radius 2 is 1.59 bits per heavy atom. The van der Waals surface area contributed by atoms with E-state index in [9.17, 15) is 18.4 Å². The van der Waals surface area contributed by atoms with Crippen molar-refractivity contribution in [3.05, 3.63) is 64.2 Å². The van der Waals surface area contributed by atoms with Gasteiger partial charge in [-0.1, -0.05) is 30.7 Å². The third-order valence-corrected chi connectivity index (χ3v) is 6.41. The zero-order valence-corrected chi connectivity index (χ0v) is 20.6. The van der Waals surface area contributed by atoms with Crippen LogP contribution in [0.5, 0.6) is 0 Å². The monoisotopic (exact) mass is 491 g/mol. The summed E-state index contributed by atoms with van der Waals surface area (Å²) < 4.78 is 28.5. The van der Waals surface area contributed by atoms with E-state index < -0.39 is 11.6 Å². The summed E-state index contributed by atoms with van der Waals surface area (Å²) in [6, 6.07) is 9.58. The van der Waals surface area contributed by atoms with Gasteiger partial charge in [0.25, 0.3) is 0 Å². The highest BCUT2D eigenvalue weighted by atomic mass is 35.5. The molecule has 0 fully saturated rings. The number of fused-ring (bicyclic) bond motifs is 1. The van der Waals surface area contributed by atoms with Gasteiger partial charge < -0.3 is 14.7 Å². The molecule has 8 heteroatoms. The average Bonchev–Trinajstić information content (AvgIpc) is 2.81. The summed E-state index contributed by atoms with van der Waals surface area (Å²) in [7, 11) is 2.01. The average molecular weight is 492 g/mol. The van der Waals surface area contributed by atoms with E-state index in [0.717, 1.165) is 37.2 Å². The van der Waals surface area contributed by atoms with Crippen molar-refractivity contribution in [1.29, 1.82) is 0 Å². The van der Waals surface area contributed by atoms with E-state index in [4.69, 9.17) is 11.6 Å². The Morgan fingerprint density at radius 3 is 2.26 bits per heavy atom. The topological polar surface area (TPSA) is 43.9 Å². The van der Waals surface area contributed by atoms with Gasteiger partial charge in [-0.05, 0) is 68.7 Å². The summed E-state index contributed by atoms with van der Waals surface area (Å²) in [4.78, 5) is 31.3. The molecule has 1 aliphatic rings. The van der Waals surface area contributed by atoms with Crippen molar-refractivity contribution < 1.29 is 18.4 Å². The number of hydrogen-bond acceptors (Lipinski definition) is 3. The largest absolute Gasteiger partial charge is 0.338 e. The summed E-state index contributed by atoms with van der Waals surface area (Å²) in [6.07, 6.45) is 2.56. The lowest BCUT2D eigenvalue weighted by Gasteiger charge is -2.31. The zero-order chi connectivity index (χ0) is 24.7. The maximum atomic E-state index is 14.3. The molecule has 0 bridgehead atoms. The lowest BCUT2D eigenvalue weighted by atomic mass is 10.1. The molecule has 0 saturated heterocycles.